The highest BCUT2D eigenvalue weighted by molar-refractivity contribution is 6.31. The van der Waals surface area contributed by atoms with Gasteiger partial charge in [0.1, 0.15) is 5.75 Å². The third-order valence-electron chi connectivity index (χ3n) is 3.32. The first-order valence-electron chi connectivity index (χ1n) is 5.52. The Bertz CT molecular complexity index is 422. The Morgan fingerprint density at radius 3 is 2.56 bits per heavy atom. The molecule has 2 nitrogen and oxygen atoms in total. The van der Waals surface area contributed by atoms with Crippen molar-refractivity contribution in [2.24, 2.45) is 0 Å². The molecular formula is C13H17ClO2. The smallest absolute Gasteiger partial charge is 0.125 e. The summed E-state index contributed by atoms with van der Waals surface area (Å²) in [5.74, 6) is 0.878. The maximum Gasteiger partial charge on any atom is 0.125 e. The van der Waals surface area contributed by atoms with Crippen molar-refractivity contribution >= 4 is 11.6 Å². The predicted octanol–water partition coefficient (Wildman–Crippen LogP) is 3.03. The van der Waals surface area contributed by atoms with Crippen LogP contribution in [0.15, 0.2) is 6.07 Å². The van der Waals surface area contributed by atoms with Gasteiger partial charge in [0.2, 0.25) is 0 Å². The van der Waals surface area contributed by atoms with Crippen molar-refractivity contribution in [1.29, 1.82) is 0 Å². The lowest BCUT2D eigenvalue weighted by atomic mass is 9.98. The number of aryl methyl sites for hydroxylation is 1. The zero-order chi connectivity index (χ0) is 11.9. The van der Waals surface area contributed by atoms with Crippen LogP contribution in [0.4, 0.5) is 0 Å². The Kier molecular flexibility index (Phi) is 2.89. The van der Waals surface area contributed by atoms with Gasteiger partial charge in [0.05, 0.1) is 12.7 Å². The van der Waals surface area contributed by atoms with E-state index >= 15 is 0 Å². The van der Waals surface area contributed by atoms with E-state index in [1.807, 2.05) is 19.9 Å². The van der Waals surface area contributed by atoms with Crippen LogP contribution in [0.3, 0.4) is 0 Å². The number of ether oxygens (including phenoxy) is 1. The van der Waals surface area contributed by atoms with Crippen LogP contribution < -0.4 is 4.74 Å². The van der Waals surface area contributed by atoms with E-state index in [2.05, 4.69) is 0 Å². The van der Waals surface area contributed by atoms with E-state index in [1.54, 1.807) is 7.11 Å². The van der Waals surface area contributed by atoms with E-state index in [0.717, 1.165) is 40.3 Å². The Labute approximate surface area is 101 Å². The number of hydrogen-bond acceptors (Lipinski definition) is 2. The van der Waals surface area contributed by atoms with Crippen LogP contribution in [0, 0.1) is 13.8 Å². The number of benzene rings is 1. The molecule has 3 heteroatoms. The molecule has 1 aliphatic carbocycles. The second-order valence-corrected chi connectivity index (χ2v) is 5.12. The maximum absolute atomic E-state index is 9.96. The molecule has 16 heavy (non-hydrogen) atoms. The molecule has 1 aromatic carbocycles. The molecule has 0 unspecified atom stereocenters. The molecular weight excluding hydrogens is 224 g/mol. The van der Waals surface area contributed by atoms with Gasteiger partial charge in [-0.1, -0.05) is 11.6 Å². The Morgan fingerprint density at radius 2 is 2.06 bits per heavy atom. The molecule has 0 aromatic heterocycles. The van der Waals surface area contributed by atoms with E-state index in [1.165, 1.54) is 0 Å². The van der Waals surface area contributed by atoms with Crippen LogP contribution in [0.5, 0.6) is 5.75 Å². The summed E-state index contributed by atoms with van der Waals surface area (Å²) in [6, 6.07) is 1.91. The van der Waals surface area contributed by atoms with Crippen LogP contribution in [-0.4, -0.2) is 17.8 Å². The highest BCUT2D eigenvalue weighted by Crippen LogP contribution is 2.42. The summed E-state index contributed by atoms with van der Waals surface area (Å²) in [6.07, 6.45) is 2.38. The van der Waals surface area contributed by atoms with Gasteiger partial charge in [-0.3, -0.25) is 0 Å². The monoisotopic (exact) mass is 240 g/mol. The fraction of sp³-hybridized carbons (Fsp3) is 0.538. The molecule has 88 valence electrons. The van der Waals surface area contributed by atoms with Crippen molar-refractivity contribution in [2.45, 2.75) is 38.7 Å². The number of hydrogen-bond donors (Lipinski definition) is 1. The summed E-state index contributed by atoms with van der Waals surface area (Å²) in [4.78, 5) is 0. The van der Waals surface area contributed by atoms with Crippen molar-refractivity contribution in [3.05, 3.63) is 27.8 Å². The molecule has 0 bridgehead atoms. The zero-order valence-electron chi connectivity index (χ0n) is 9.93. The molecule has 1 N–H and O–H groups in total. The van der Waals surface area contributed by atoms with Gasteiger partial charge in [-0.05, 0) is 49.4 Å². The number of methoxy groups -OCH3 is 1. The standard InChI is InChI=1S/C13H17ClO2/c1-8-6-11(14)10(7-13(15)4-5-13)9(2)12(8)16-3/h6,15H,4-5,7H2,1-3H3. The summed E-state index contributed by atoms with van der Waals surface area (Å²) in [5, 5.41) is 10.7. The van der Waals surface area contributed by atoms with Crippen LogP contribution in [0.2, 0.25) is 5.02 Å². The van der Waals surface area contributed by atoms with E-state index in [9.17, 15) is 5.11 Å². The minimum absolute atomic E-state index is 0.519. The average Bonchev–Trinajstić information content (AvgIpc) is 2.92. The maximum atomic E-state index is 9.96. The second-order valence-electron chi connectivity index (χ2n) is 4.71. The fourth-order valence-corrected chi connectivity index (χ4v) is 2.51. The van der Waals surface area contributed by atoms with E-state index in [4.69, 9.17) is 16.3 Å². The molecule has 0 atom stereocenters. The van der Waals surface area contributed by atoms with E-state index < -0.39 is 5.60 Å². The van der Waals surface area contributed by atoms with Gasteiger partial charge in [-0.25, -0.2) is 0 Å². The largest absolute Gasteiger partial charge is 0.496 e. The molecule has 0 spiro atoms. The molecule has 1 aliphatic rings. The van der Waals surface area contributed by atoms with E-state index in [0.29, 0.717) is 6.42 Å². The molecule has 0 saturated heterocycles. The molecule has 0 radical (unpaired) electrons. The Hall–Kier alpha value is -0.730. The number of halogens is 1. The number of aliphatic hydroxyl groups is 1. The van der Waals surface area contributed by atoms with Crippen molar-refractivity contribution in [3.8, 4) is 5.75 Å². The van der Waals surface area contributed by atoms with Crippen LogP contribution >= 0.6 is 11.6 Å². The average molecular weight is 241 g/mol. The van der Waals surface area contributed by atoms with Crippen LogP contribution in [0.1, 0.15) is 29.5 Å². The van der Waals surface area contributed by atoms with Gasteiger partial charge in [-0.2, -0.15) is 0 Å². The second kappa shape index (κ2) is 3.94. The van der Waals surface area contributed by atoms with Crippen molar-refractivity contribution in [1.82, 2.24) is 0 Å². The first kappa shape index (κ1) is 11.7. The van der Waals surface area contributed by atoms with Gasteiger partial charge in [0.15, 0.2) is 0 Å². The molecule has 1 saturated carbocycles. The van der Waals surface area contributed by atoms with Crippen molar-refractivity contribution in [2.75, 3.05) is 7.11 Å². The molecule has 1 aromatic rings. The summed E-state index contributed by atoms with van der Waals surface area (Å²) < 4.78 is 5.37. The van der Waals surface area contributed by atoms with Crippen molar-refractivity contribution < 1.29 is 9.84 Å². The summed E-state index contributed by atoms with van der Waals surface area (Å²) >= 11 is 6.23. The van der Waals surface area contributed by atoms with Gasteiger partial charge in [0, 0.05) is 11.4 Å². The van der Waals surface area contributed by atoms with Crippen LogP contribution in [-0.2, 0) is 6.42 Å². The van der Waals surface area contributed by atoms with Gasteiger partial charge in [0.25, 0.3) is 0 Å². The molecule has 2 rings (SSSR count). The normalized spacial score (nSPS) is 17.3. The first-order valence-corrected chi connectivity index (χ1v) is 5.89. The van der Waals surface area contributed by atoms with Gasteiger partial charge >= 0.3 is 0 Å². The highest BCUT2D eigenvalue weighted by Gasteiger charge is 2.41. The fourth-order valence-electron chi connectivity index (χ4n) is 2.14. The van der Waals surface area contributed by atoms with Crippen molar-refractivity contribution in [3.63, 3.8) is 0 Å². The Morgan fingerprint density at radius 1 is 1.44 bits per heavy atom. The lowest BCUT2D eigenvalue weighted by Crippen LogP contribution is -2.13. The number of rotatable bonds is 3. The lowest BCUT2D eigenvalue weighted by molar-refractivity contribution is 0.150. The molecule has 1 fully saturated rings. The Balaban J connectivity index is 2.43. The molecule has 0 heterocycles. The summed E-state index contributed by atoms with van der Waals surface area (Å²) in [7, 11) is 1.67. The minimum Gasteiger partial charge on any atom is -0.496 e. The minimum atomic E-state index is -0.519. The zero-order valence-corrected chi connectivity index (χ0v) is 10.7. The van der Waals surface area contributed by atoms with Gasteiger partial charge < -0.3 is 9.84 Å². The highest BCUT2D eigenvalue weighted by atomic mass is 35.5. The molecule has 0 aliphatic heterocycles. The SMILES string of the molecule is COc1c(C)cc(Cl)c(CC2(O)CC2)c1C. The first-order chi connectivity index (χ1) is 7.47. The summed E-state index contributed by atoms with van der Waals surface area (Å²) in [5.41, 5.74) is 2.59. The topological polar surface area (TPSA) is 29.5 Å². The third kappa shape index (κ3) is 2.04. The quantitative estimate of drug-likeness (QED) is 0.880. The third-order valence-corrected chi connectivity index (χ3v) is 3.66. The predicted molar refractivity (Wildman–Crippen MR) is 65.4 cm³/mol. The van der Waals surface area contributed by atoms with Crippen LogP contribution in [0.25, 0.3) is 0 Å². The lowest BCUT2D eigenvalue weighted by Gasteiger charge is -2.17. The van der Waals surface area contributed by atoms with Gasteiger partial charge in [-0.15, -0.1) is 0 Å². The summed E-state index contributed by atoms with van der Waals surface area (Å²) in [6.45, 7) is 3.98. The van der Waals surface area contributed by atoms with E-state index in [-0.39, 0.29) is 0 Å². The molecule has 0 amide bonds.